The second kappa shape index (κ2) is 10.4. The summed E-state index contributed by atoms with van der Waals surface area (Å²) in [5.41, 5.74) is -1.92. The summed E-state index contributed by atoms with van der Waals surface area (Å²) in [7, 11) is -7.65. The van der Waals surface area contributed by atoms with Crippen molar-refractivity contribution in [1.82, 2.24) is 4.72 Å². The first-order valence-corrected chi connectivity index (χ1v) is 15.4. The van der Waals surface area contributed by atoms with Gasteiger partial charge in [-0.05, 0) is 62.6 Å². The molecule has 8 nitrogen and oxygen atoms in total. The van der Waals surface area contributed by atoms with E-state index in [0.29, 0.717) is 25.0 Å². The minimum Gasteiger partial charge on any atom is -0.389 e. The third-order valence-electron chi connectivity index (χ3n) is 7.22. The second-order valence-corrected chi connectivity index (χ2v) is 14.4. The van der Waals surface area contributed by atoms with Crippen LogP contribution in [0.25, 0.3) is 0 Å². The van der Waals surface area contributed by atoms with E-state index in [9.17, 15) is 39.9 Å². The highest BCUT2D eigenvalue weighted by Crippen LogP contribution is 2.51. The molecule has 2 aromatic carbocycles. The van der Waals surface area contributed by atoms with E-state index in [4.69, 9.17) is 11.6 Å². The summed E-state index contributed by atoms with van der Waals surface area (Å²) >= 11 is 6.23. The quantitative estimate of drug-likeness (QED) is 0.400. The number of carbonyl (C=O) groups excluding carboxylic acids is 1. The Morgan fingerprint density at radius 3 is 2.18 bits per heavy atom. The van der Waals surface area contributed by atoms with E-state index in [2.05, 4.69) is 10.0 Å². The summed E-state index contributed by atoms with van der Waals surface area (Å²) in [4.78, 5) is 12.4. The van der Waals surface area contributed by atoms with Gasteiger partial charge in [0.1, 0.15) is 0 Å². The molecule has 2 aliphatic rings. The number of fused-ring (bicyclic) bond motifs is 2. The molecule has 208 valence electrons. The number of aliphatic hydroxyl groups is 1. The van der Waals surface area contributed by atoms with Crippen LogP contribution >= 0.6 is 11.6 Å². The lowest BCUT2D eigenvalue weighted by atomic mass is 9.77. The summed E-state index contributed by atoms with van der Waals surface area (Å²) in [5, 5.41) is 12.2. The van der Waals surface area contributed by atoms with Crippen molar-refractivity contribution in [1.29, 1.82) is 0 Å². The van der Waals surface area contributed by atoms with Gasteiger partial charge < -0.3 is 10.4 Å². The van der Waals surface area contributed by atoms with E-state index < -0.39 is 65.9 Å². The topological polar surface area (TPSA) is 130 Å². The molecule has 0 radical (unpaired) electrons. The number of carbonyl (C=O) groups is 1. The fourth-order valence-electron chi connectivity index (χ4n) is 5.48. The highest BCUT2D eigenvalue weighted by Gasteiger charge is 2.54. The van der Waals surface area contributed by atoms with E-state index in [0.717, 1.165) is 6.07 Å². The fourth-order valence-corrected chi connectivity index (χ4v) is 9.01. The lowest BCUT2D eigenvalue weighted by Gasteiger charge is -2.41. The molecular weight excluding hydrogens is 569 g/mol. The summed E-state index contributed by atoms with van der Waals surface area (Å²) < 4.78 is 93.8. The molecule has 3 N–H and O–H groups in total. The van der Waals surface area contributed by atoms with Crippen LogP contribution < -0.4 is 10.0 Å². The number of anilines is 1. The van der Waals surface area contributed by atoms with Crippen molar-refractivity contribution in [3.05, 3.63) is 58.4 Å². The van der Waals surface area contributed by atoms with Crippen LogP contribution in [0.2, 0.25) is 5.02 Å². The zero-order chi connectivity index (χ0) is 28.0. The standard InChI is InChI=1S/C24H26ClF3N2O6S2/c1-2-37(33,34)29-12-24(32)10-14-3-4-15(11-24)22(14)38(35,36)20-7-13(5-6-17(20)25)23(31)30-16-8-18(26)21(28)19(27)9-16/h5-9,14-15,22,29,32H,2-4,10-12H2,1H3,(H,30,31)/t14?,15?,22-,24+. The molecule has 0 saturated heterocycles. The van der Waals surface area contributed by atoms with E-state index >= 15 is 0 Å². The van der Waals surface area contributed by atoms with Crippen LogP contribution in [0.1, 0.15) is 43.0 Å². The van der Waals surface area contributed by atoms with Gasteiger partial charge in [-0.2, -0.15) is 0 Å². The van der Waals surface area contributed by atoms with Gasteiger partial charge in [-0.1, -0.05) is 11.6 Å². The smallest absolute Gasteiger partial charge is 0.255 e. The number of sulfonamides is 1. The fraction of sp³-hybridized carbons (Fsp3) is 0.458. The summed E-state index contributed by atoms with van der Waals surface area (Å²) in [6.07, 6.45) is 1.16. The molecular formula is C24H26ClF3N2O6S2. The van der Waals surface area contributed by atoms with E-state index in [1.165, 1.54) is 19.1 Å². The van der Waals surface area contributed by atoms with Crippen molar-refractivity contribution in [2.75, 3.05) is 17.6 Å². The Bertz CT molecular complexity index is 1450. The van der Waals surface area contributed by atoms with E-state index in [-0.39, 0.29) is 46.3 Å². The van der Waals surface area contributed by atoms with E-state index in [1.807, 2.05) is 0 Å². The first-order valence-electron chi connectivity index (χ1n) is 11.8. The number of hydrogen-bond acceptors (Lipinski definition) is 6. The normalized spacial score (nSPS) is 25.4. The van der Waals surface area contributed by atoms with Gasteiger partial charge in [0, 0.05) is 29.9 Å². The molecule has 2 aliphatic carbocycles. The third-order valence-corrected chi connectivity index (χ3v) is 11.4. The molecule has 2 bridgehead atoms. The Labute approximate surface area is 223 Å². The van der Waals surface area contributed by atoms with Gasteiger partial charge in [0.25, 0.3) is 5.91 Å². The van der Waals surface area contributed by atoms with Gasteiger partial charge in [-0.3, -0.25) is 4.79 Å². The molecule has 2 atom stereocenters. The Hall–Kier alpha value is -2.19. The van der Waals surface area contributed by atoms with Crippen molar-refractivity contribution in [3.63, 3.8) is 0 Å². The highest BCUT2D eigenvalue weighted by molar-refractivity contribution is 7.92. The number of rotatable bonds is 8. The second-order valence-electron chi connectivity index (χ2n) is 9.82. The van der Waals surface area contributed by atoms with Gasteiger partial charge in [-0.15, -0.1) is 0 Å². The van der Waals surface area contributed by atoms with Crippen molar-refractivity contribution in [2.24, 2.45) is 11.8 Å². The van der Waals surface area contributed by atoms with Gasteiger partial charge >= 0.3 is 0 Å². The third kappa shape index (κ3) is 5.71. The average molecular weight is 595 g/mol. The van der Waals surface area contributed by atoms with Gasteiger partial charge in [0.15, 0.2) is 27.3 Å². The minimum atomic E-state index is -4.11. The maximum Gasteiger partial charge on any atom is 0.255 e. The molecule has 2 unspecified atom stereocenters. The Morgan fingerprint density at radius 2 is 1.63 bits per heavy atom. The van der Waals surface area contributed by atoms with Crippen molar-refractivity contribution in [3.8, 4) is 0 Å². The molecule has 14 heteroatoms. The molecule has 2 saturated carbocycles. The number of halogens is 4. The van der Waals surface area contributed by atoms with Crippen LogP contribution in [0.4, 0.5) is 18.9 Å². The molecule has 0 aliphatic heterocycles. The van der Waals surface area contributed by atoms with Gasteiger partial charge in [0.2, 0.25) is 10.0 Å². The number of nitrogens with one attached hydrogen (secondary N) is 2. The Kier molecular flexibility index (Phi) is 7.90. The average Bonchev–Trinajstić information content (AvgIpc) is 3.14. The predicted octanol–water partition coefficient (Wildman–Crippen LogP) is 3.64. The van der Waals surface area contributed by atoms with Crippen molar-refractivity contribution < 1.29 is 39.9 Å². The van der Waals surface area contributed by atoms with Crippen LogP contribution in [0.3, 0.4) is 0 Å². The monoisotopic (exact) mass is 594 g/mol. The minimum absolute atomic E-state index is 0.0686. The van der Waals surface area contributed by atoms with Crippen LogP contribution in [0.15, 0.2) is 35.2 Å². The molecule has 2 fully saturated rings. The number of hydrogen-bond donors (Lipinski definition) is 3. The Balaban J connectivity index is 1.57. The van der Waals surface area contributed by atoms with Gasteiger partial charge in [0.05, 0.1) is 26.5 Å². The maximum absolute atomic E-state index is 13.8. The number of amides is 1. The van der Waals surface area contributed by atoms with Crippen molar-refractivity contribution >= 4 is 43.1 Å². The molecule has 0 heterocycles. The lowest BCUT2D eigenvalue weighted by Crippen LogP contribution is -2.51. The van der Waals surface area contributed by atoms with Crippen LogP contribution in [0.5, 0.6) is 0 Å². The zero-order valence-corrected chi connectivity index (χ0v) is 22.6. The SMILES string of the molecule is CCS(=O)(=O)NC[C@]1(O)CC2CCC(C1)[C@@H]2S(=O)(=O)c1cc(C(=O)Nc2cc(F)c(F)c(F)c2)ccc1Cl. The largest absolute Gasteiger partial charge is 0.389 e. The van der Waals surface area contributed by atoms with Crippen LogP contribution in [-0.4, -0.2) is 51.0 Å². The molecule has 38 heavy (non-hydrogen) atoms. The van der Waals surface area contributed by atoms with Crippen molar-refractivity contribution in [2.45, 2.75) is 48.4 Å². The molecule has 4 rings (SSSR count). The summed E-state index contributed by atoms with van der Waals surface area (Å²) in [6.45, 7) is 1.25. The molecule has 0 aromatic heterocycles. The molecule has 1 amide bonds. The zero-order valence-electron chi connectivity index (χ0n) is 20.2. The summed E-state index contributed by atoms with van der Waals surface area (Å²) in [6, 6.07) is 4.70. The number of sulfone groups is 1. The number of benzene rings is 2. The highest BCUT2D eigenvalue weighted by atomic mass is 35.5. The maximum atomic E-state index is 13.8. The van der Waals surface area contributed by atoms with Crippen LogP contribution in [0, 0.1) is 29.3 Å². The first-order chi connectivity index (χ1) is 17.7. The molecule has 0 spiro atoms. The van der Waals surface area contributed by atoms with Gasteiger partial charge in [-0.25, -0.2) is 34.7 Å². The van der Waals surface area contributed by atoms with Crippen LogP contribution in [-0.2, 0) is 19.9 Å². The summed E-state index contributed by atoms with van der Waals surface area (Å²) in [5.74, 6) is -6.68. The lowest BCUT2D eigenvalue weighted by molar-refractivity contribution is -0.0136. The Morgan fingerprint density at radius 1 is 1.05 bits per heavy atom. The van der Waals surface area contributed by atoms with E-state index in [1.54, 1.807) is 0 Å². The predicted molar refractivity (Wildman–Crippen MR) is 135 cm³/mol. The molecule has 2 aromatic rings. The first kappa shape index (κ1) is 28.8.